The van der Waals surface area contributed by atoms with Crippen LogP contribution in [0.15, 0.2) is 17.2 Å². The largest absolute Gasteiger partial charge is 0.348 e. The van der Waals surface area contributed by atoms with E-state index >= 15 is 0 Å². The molecule has 0 bridgehead atoms. The van der Waals surface area contributed by atoms with Crippen molar-refractivity contribution in [2.75, 3.05) is 20.1 Å². The van der Waals surface area contributed by atoms with E-state index in [9.17, 15) is 18.0 Å². The Balaban J connectivity index is 1.55. The minimum absolute atomic E-state index is 0.0119. The van der Waals surface area contributed by atoms with Gasteiger partial charge in [-0.1, -0.05) is 19.3 Å². The van der Waals surface area contributed by atoms with Crippen LogP contribution in [-0.2, 0) is 21.9 Å². The highest BCUT2D eigenvalue weighted by atomic mass is 32.2. The standard InChI is InChI=1S/C19H30N4O4S/c1-20-28(26,27)16-12-17(22(2)13-16)18(24)21-15-8-10-23(11-9-15)19(25)14-6-4-3-5-7-14/h12-15,20H,3-11H2,1-2H3,(H,21,24). The van der Waals surface area contributed by atoms with Crippen LogP contribution >= 0.6 is 0 Å². The number of piperidine rings is 1. The maximum Gasteiger partial charge on any atom is 0.268 e. The predicted octanol–water partition coefficient (Wildman–Crippen LogP) is 1.23. The third-order valence-corrected chi connectivity index (χ3v) is 7.27. The minimum atomic E-state index is -3.59. The van der Waals surface area contributed by atoms with Crippen LogP contribution in [0.25, 0.3) is 0 Å². The Morgan fingerprint density at radius 2 is 1.71 bits per heavy atom. The Morgan fingerprint density at radius 1 is 1.07 bits per heavy atom. The Labute approximate surface area is 166 Å². The number of carbonyl (C=O) groups excluding carboxylic acids is 2. The number of likely N-dealkylation sites (tertiary alicyclic amines) is 1. The zero-order valence-electron chi connectivity index (χ0n) is 16.6. The number of sulfonamides is 1. The van der Waals surface area contributed by atoms with Crippen LogP contribution in [0.1, 0.15) is 55.4 Å². The van der Waals surface area contributed by atoms with E-state index in [-0.39, 0.29) is 28.7 Å². The zero-order chi connectivity index (χ0) is 20.3. The highest BCUT2D eigenvalue weighted by Gasteiger charge is 2.30. The van der Waals surface area contributed by atoms with Crippen LogP contribution < -0.4 is 10.0 Å². The molecule has 0 spiro atoms. The van der Waals surface area contributed by atoms with E-state index in [4.69, 9.17) is 0 Å². The Kier molecular flexibility index (Phi) is 6.44. The van der Waals surface area contributed by atoms with Gasteiger partial charge in [0, 0.05) is 38.3 Å². The zero-order valence-corrected chi connectivity index (χ0v) is 17.4. The topological polar surface area (TPSA) is 101 Å². The molecular formula is C19H30N4O4S. The Bertz CT molecular complexity index is 819. The fourth-order valence-corrected chi connectivity index (χ4v) is 4.94. The van der Waals surface area contributed by atoms with Gasteiger partial charge < -0.3 is 14.8 Å². The third-order valence-electron chi connectivity index (χ3n) is 5.89. The molecule has 2 fully saturated rings. The fraction of sp³-hybridized carbons (Fsp3) is 0.684. The van der Waals surface area contributed by atoms with Crippen molar-refractivity contribution in [2.24, 2.45) is 13.0 Å². The van der Waals surface area contributed by atoms with Crippen LogP contribution in [0.5, 0.6) is 0 Å². The molecule has 156 valence electrons. The van der Waals surface area contributed by atoms with Crippen LogP contribution in [0.3, 0.4) is 0 Å². The molecule has 1 aliphatic carbocycles. The van der Waals surface area contributed by atoms with Crippen molar-refractivity contribution >= 4 is 21.8 Å². The van der Waals surface area contributed by atoms with Gasteiger partial charge in [-0.3, -0.25) is 9.59 Å². The Morgan fingerprint density at radius 3 is 2.32 bits per heavy atom. The highest BCUT2D eigenvalue weighted by molar-refractivity contribution is 7.89. The van der Waals surface area contributed by atoms with Crippen LogP contribution in [0.4, 0.5) is 0 Å². The lowest BCUT2D eigenvalue weighted by Gasteiger charge is -2.35. The van der Waals surface area contributed by atoms with Crippen molar-refractivity contribution < 1.29 is 18.0 Å². The molecule has 1 saturated carbocycles. The van der Waals surface area contributed by atoms with E-state index < -0.39 is 10.0 Å². The van der Waals surface area contributed by atoms with E-state index in [1.807, 2.05) is 4.90 Å². The van der Waals surface area contributed by atoms with E-state index in [0.717, 1.165) is 38.5 Å². The summed E-state index contributed by atoms with van der Waals surface area (Å²) in [5, 5.41) is 2.98. The SMILES string of the molecule is CNS(=O)(=O)c1cc(C(=O)NC2CCN(C(=O)C3CCCCC3)CC2)n(C)c1. The average Bonchev–Trinajstić information content (AvgIpc) is 3.11. The van der Waals surface area contributed by atoms with Crippen molar-refractivity contribution in [2.45, 2.75) is 55.9 Å². The number of nitrogens with one attached hydrogen (secondary N) is 2. The normalized spacial score (nSPS) is 19.6. The second-order valence-corrected chi connectivity index (χ2v) is 9.67. The Hall–Kier alpha value is -1.87. The molecule has 0 radical (unpaired) electrons. The van der Waals surface area contributed by atoms with Gasteiger partial charge in [0.15, 0.2) is 0 Å². The first-order valence-corrected chi connectivity index (χ1v) is 11.5. The van der Waals surface area contributed by atoms with Crippen LogP contribution in [-0.4, -0.2) is 55.9 Å². The summed E-state index contributed by atoms with van der Waals surface area (Å²) < 4.78 is 27.6. The van der Waals surface area contributed by atoms with Gasteiger partial charge in [-0.05, 0) is 38.8 Å². The molecule has 0 unspecified atom stereocenters. The van der Waals surface area contributed by atoms with Gasteiger partial charge in [-0.15, -0.1) is 0 Å². The molecule has 0 aromatic carbocycles. The summed E-state index contributed by atoms with van der Waals surface area (Å²) in [4.78, 5) is 27.3. The maximum absolute atomic E-state index is 12.6. The summed E-state index contributed by atoms with van der Waals surface area (Å²) in [5.74, 6) is 0.154. The number of aryl methyl sites for hydroxylation is 1. The fourth-order valence-electron chi connectivity index (χ4n) is 4.14. The molecule has 28 heavy (non-hydrogen) atoms. The molecule has 3 rings (SSSR count). The lowest BCUT2D eigenvalue weighted by Crippen LogP contribution is -2.48. The third kappa shape index (κ3) is 4.57. The minimum Gasteiger partial charge on any atom is -0.348 e. The van der Waals surface area contributed by atoms with Gasteiger partial charge in [-0.25, -0.2) is 13.1 Å². The van der Waals surface area contributed by atoms with Gasteiger partial charge in [0.25, 0.3) is 5.91 Å². The predicted molar refractivity (Wildman–Crippen MR) is 105 cm³/mol. The smallest absolute Gasteiger partial charge is 0.268 e. The number of rotatable bonds is 5. The molecule has 1 aromatic heterocycles. The highest BCUT2D eigenvalue weighted by Crippen LogP contribution is 2.26. The molecule has 0 atom stereocenters. The number of aromatic nitrogens is 1. The lowest BCUT2D eigenvalue weighted by molar-refractivity contribution is -0.137. The van der Waals surface area contributed by atoms with Gasteiger partial charge in [0.05, 0.1) is 0 Å². The monoisotopic (exact) mass is 410 g/mol. The molecule has 1 saturated heterocycles. The molecule has 2 amide bonds. The second-order valence-electron chi connectivity index (χ2n) is 7.79. The van der Waals surface area contributed by atoms with Gasteiger partial charge in [-0.2, -0.15) is 0 Å². The second kappa shape index (κ2) is 8.65. The molecular weight excluding hydrogens is 380 g/mol. The van der Waals surface area contributed by atoms with Crippen molar-refractivity contribution in [3.8, 4) is 0 Å². The summed E-state index contributed by atoms with van der Waals surface area (Å²) in [5.41, 5.74) is 0.300. The summed E-state index contributed by atoms with van der Waals surface area (Å²) in [6.45, 7) is 1.32. The first-order valence-electron chi connectivity index (χ1n) is 10.0. The summed E-state index contributed by atoms with van der Waals surface area (Å²) in [6, 6.07) is 1.37. The van der Waals surface area contributed by atoms with E-state index in [0.29, 0.717) is 18.8 Å². The lowest BCUT2D eigenvalue weighted by atomic mass is 9.87. The first-order chi connectivity index (χ1) is 13.3. The van der Waals surface area contributed by atoms with E-state index in [2.05, 4.69) is 10.0 Å². The number of amides is 2. The van der Waals surface area contributed by atoms with Crippen molar-refractivity contribution in [1.82, 2.24) is 19.5 Å². The van der Waals surface area contributed by atoms with Crippen LogP contribution in [0, 0.1) is 5.92 Å². The van der Waals surface area contributed by atoms with E-state index in [1.54, 1.807) is 7.05 Å². The molecule has 1 aromatic rings. The van der Waals surface area contributed by atoms with Crippen LogP contribution in [0.2, 0.25) is 0 Å². The molecule has 2 heterocycles. The van der Waals surface area contributed by atoms with Gasteiger partial charge in [0.1, 0.15) is 10.6 Å². The summed E-state index contributed by atoms with van der Waals surface area (Å²) in [7, 11) is -0.603. The molecule has 9 heteroatoms. The quantitative estimate of drug-likeness (QED) is 0.762. The summed E-state index contributed by atoms with van der Waals surface area (Å²) in [6.07, 6.45) is 8.38. The molecule has 2 aliphatic rings. The molecule has 8 nitrogen and oxygen atoms in total. The van der Waals surface area contributed by atoms with Gasteiger partial charge in [0.2, 0.25) is 15.9 Å². The van der Waals surface area contributed by atoms with Gasteiger partial charge >= 0.3 is 0 Å². The van der Waals surface area contributed by atoms with Crippen molar-refractivity contribution in [3.05, 3.63) is 18.0 Å². The number of hydrogen-bond donors (Lipinski definition) is 2. The molecule has 1 aliphatic heterocycles. The van der Waals surface area contributed by atoms with Crippen molar-refractivity contribution in [1.29, 1.82) is 0 Å². The average molecular weight is 411 g/mol. The van der Waals surface area contributed by atoms with E-state index in [1.165, 1.54) is 30.3 Å². The number of nitrogens with zero attached hydrogens (tertiary/aromatic N) is 2. The first kappa shape index (κ1) is 20.9. The number of hydrogen-bond acceptors (Lipinski definition) is 4. The molecule has 2 N–H and O–H groups in total. The number of carbonyl (C=O) groups is 2. The van der Waals surface area contributed by atoms with Crippen molar-refractivity contribution in [3.63, 3.8) is 0 Å². The maximum atomic E-state index is 12.6. The summed E-state index contributed by atoms with van der Waals surface area (Å²) >= 11 is 0.